The van der Waals surface area contributed by atoms with E-state index in [-0.39, 0.29) is 26.9 Å². The maximum Gasteiger partial charge on any atom is 0.358 e. The van der Waals surface area contributed by atoms with Gasteiger partial charge >= 0.3 is 5.97 Å². The standard InChI is InChI=1S/C14H12FNO4S/c1-7(17)12-11(14(18)20-3)16-13(21-12)9-5-4-8(19-2)6-10(9)15/h4-6H,1-3H3. The molecule has 0 aliphatic heterocycles. The summed E-state index contributed by atoms with van der Waals surface area (Å²) in [6.07, 6.45) is 0. The molecule has 5 nitrogen and oxygen atoms in total. The van der Waals surface area contributed by atoms with Gasteiger partial charge in [0.15, 0.2) is 11.5 Å². The minimum absolute atomic E-state index is 0.0970. The number of rotatable bonds is 4. The van der Waals surface area contributed by atoms with Crippen molar-refractivity contribution in [2.75, 3.05) is 14.2 Å². The monoisotopic (exact) mass is 309 g/mol. The van der Waals surface area contributed by atoms with Crippen LogP contribution in [-0.4, -0.2) is 31.0 Å². The minimum atomic E-state index is -0.725. The third kappa shape index (κ3) is 2.92. The molecule has 0 unspecified atom stereocenters. The number of esters is 1. The van der Waals surface area contributed by atoms with E-state index in [1.807, 2.05) is 0 Å². The molecule has 1 heterocycles. The zero-order valence-corrected chi connectivity index (χ0v) is 12.4. The Hall–Kier alpha value is -2.28. The number of methoxy groups -OCH3 is 2. The van der Waals surface area contributed by atoms with Gasteiger partial charge in [-0.3, -0.25) is 4.79 Å². The number of carbonyl (C=O) groups is 2. The molecule has 2 rings (SSSR count). The van der Waals surface area contributed by atoms with Crippen molar-refractivity contribution in [1.29, 1.82) is 0 Å². The number of ether oxygens (including phenoxy) is 2. The molecule has 0 N–H and O–H groups in total. The lowest BCUT2D eigenvalue weighted by Crippen LogP contribution is -2.06. The van der Waals surface area contributed by atoms with Gasteiger partial charge in [0.1, 0.15) is 21.5 Å². The molecular weight excluding hydrogens is 297 g/mol. The SMILES string of the molecule is COC(=O)c1nc(-c2ccc(OC)cc2F)sc1C(C)=O. The highest BCUT2D eigenvalue weighted by Crippen LogP contribution is 2.32. The van der Waals surface area contributed by atoms with Crippen LogP contribution in [0.1, 0.15) is 27.1 Å². The van der Waals surface area contributed by atoms with Crippen molar-refractivity contribution in [3.63, 3.8) is 0 Å². The van der Waals surface area contributed by atoms with Crippen molar-refractivity contribution in [2.45, 2.75) is 6.92 Å². The summed E-state index contributed by atoms with van der Waals surface area (Å²) in [5.41, 5.74) is 0.0960. The van der Waals surface area contributed by atoms with Gasteiger partial charge in [0, 0.05) is 18.6 Å². The number of thiazole rings is 1. The van der Waals surface area contributed by atoms with E-state index in [0.717, 1.165) is 11.3 Å². The molecular formula is C14H12FNO4S. The van der Waals surface area contributed by atoms with Crippen LogP contribution >= 0.6 is 11.3 Å². The zero-order chi connectivity index (χ0) is 15.6. The molecule has 0 saturated carbocycles. The van der Waals surface area contributed by atoms with Crippen LogP contribution in [0.3, 0.4) is 0 Å². The summed E-state index contributed by atoms with van der Waals surface area (Å²) in [6.45, 7) is 1.31. The number of ketones is 1. The summed E-state index contributed by atoms with van der Waals surface area (Å²) >= 11 is 0.950. The van der Waals surface area contributed by atoms with Crippen molar-refractivity contribution in [1.82, 2.24) is 4.98 Å². The maximum absolute atomic E-state index is 14.0. The summed E-state index contributed by atoms with van der Waals surface area (Å²) < 4.78 is 23.5. The Morgan fingerprint density at radius 1 is 1.29 bits per heavy atom. The minimum Gasteiger partial charge on any atom is -0.497 e. The molecule has 7 heteroatoms. The van der Waals surface area contributed by atoms with E-state index in [0.29, 0.717) is 5.75 Å². The van der Waals surface area contributed by atoms with Gasteiger partial charge in [-0.15, -0.1) is 11.3 Å². The number of nitrogens with zero attached hydrogens (tertiary/aromatic N) is 1. The van der Waals surface area contributed by atoms with E-state index in [1.54, 1.807) is 6.07 Å². The molecule has 0 bridgehead atoms. The fourth-order valence-corrected chi connectivity index (χ4v) is 2.68. The van der Waals surface area contributed by atoms with Gasteiger partial charge in [0.25, 0.3) is 0 Å². The maximum atomic E-state index is 14.0. The topological polar surface area (TPSA) is 65.5 Å². The fourth-order valence-electron chi connectivity index (χ4n) is 1.71. The van der Waals surface area contributed by atoms with Crippen molar-refractivity contribution in [2.24, 2.45) is 0 Å². The van der Waals surface area contributed by atoms with Gasteiger partial charge in [0.05, 0.1) is 14.2 Å². The van der Waals surface area contributed by atoms with Gasteiger partial charge < -0.3 is 9.47 Å². The second-order valence-electron chi connectivity index (χ2n) is 4.09. The summed E-state index contributed by atoms with van der Waals surface area (Å²) in [4.78, 5) is 27.4. The third-order valence-corrected chi connectivity index (χ3v) is 3.92. The smallest absolute Gasteiger partial charge is 0.358 e. The first-order valence-electron chi connectivity index (χ1n) is 5.92. The van der Waals surface area contributed by atoms with Gasteiger partial charge in [0.2, 0.25) is 0 Å². The van der Waals surface area contributed by atoms with Crippen LogP contribution in [-0.2, 0) is 4.74 Å². The molecule has 0 atom stereocenters. The molecule has 1 aromatic carbocycles. The summed E-state index contributed by atoms with van der Waals surface area (Å²) in [7, 11) is 2.63. The zero-order valence-electron chi connectivity index (χ0n) is 11.6. The largest absolute Gasteiger partial charge is 0.497 e. The van der Waals surface area contributed by atoms with E-state index in [4.69, 9.17) is 4.74 Å². The van der Waals surface area contributed by atoms with Crippen LogP contribution in [0.4, 0.5) is 4.39 Å². The Bertz CT molecular complexity index is 711. The van der Waals surface area contributed by atoms with Gasteiger partial charge in [-0.2, -0.15) is 0 Å². The number of hydrogen-bond donors (Lipinski definition) is 0. The lowest BCUT2D eigenvalue weighted by atomic mass is 10.2. The van der Waals surface area contributed by atoms with E-state index in [1.165, 1.54) is 33.3 Å². The molecule has 1 aromatic heterocycles. The number of Topliss-reactive ketones (excluding diaryl/α,β-unsaturated/α-hetero) is 1. The normalized spacial score (nSPS) is 10.3. The van der Waals surface area contributed by atoms with Crippen LogP contribution in [0.15, 0.2) is 18.2 Å². The molecule has 0 aliphatic carbocycles. The molecule has 0 amide bonds. The third-order valence-electron chi connectivity index (χ3n) is 2.73. The summed E-state index contributed by atoms with van der Waals surface area (Å²) in [5.74, 6) is -1.23. The first kappa shape index (κ1) is 15.1. The second kappa shape index (κ2) is 6.01. The van der Waals surface area contributed by atoms with Crippen molar-refractivity contribution >= 4 is 23.1 Å². The summed E-state index contributed by atoms with van der Waals surface area (Å²) in [6, 6.07) is 4.27. The summed E-state index contributed by atoms with van der Waals surface area (Å²) in [5, 5.41) is 0.237. The molecule has 0 saturated heterocycles. The number of aromatic nitrogens is 1. The molecule has 0 spiro atoms. The first-order chi connectivity index (χ1) is 9.97. The van der Waals surface area contributed by atoms with E-state index < -0.39 is 11.8 Å². The Morgan fingerprint density at radius 3 is 2.52 bits per heavy atom. The van der Waals surface area contributed by atoms with Crippen molar-refractivity contribution < 1.29 is 23.5 Å². The average molecular weight is 309 g/mol. The van der Waals surface area contributed by atoms with E-state index >= 15 is 0 Å². The van der Waals surface area contributed by atoms with Gasteiger partial charge in [-0.25, -0.2) is 14.2 Å². The second-order valence-corrected chi connectivity index (χ2v) is 5.09. The van der Waals surface area contributed by atoms with Crippen molar-refractivity contribution in [3.8, 4) is 16.3 Å². The predicted octanol–water partition coefficient (Wildman–Crippen LogP) is 2.95. The molecule has 110 valence electrons. The number of benzene rings is 1. The highest BCUT2D eigenvalue weighted by atomic mass is 32.1. The highest BCUT2D eigenvalue weighted by molar-refractivity contribution is 7.17. The van der Waals surface area contributed by atoms with E-state index in [2.05, 4.69) is 9.72 Å². The lowest BCUT2D eigenvalue weighted by Gasteiger charge is -2.02. The Morgan fingerprint density at radius 2 is 2.00 bits per heavy atom. The lowest BCUT2D eigenvalue weighted by molar-refractivity contribution is 0.0591. The fraction of sp³-hybridized carbons (Fsp3) is 0.214. The Balaban J connectivity index is 2.55. The van der Waals surface area contributed by atoms with Crippen molar-refractivity contribution in [3.05, 3.63) is 34.6 Å². The molecule has 21 heavy (non-hydrogen) atoms. The Kier molecular flexibility index (Phi) is 4.32. The Labute approximate surface area is 124 Å². The molecule has 0 radical (unpaired) electrons. The van der Waals surface area contributed by atoms with Crippen LogP contribution in [0.25, 0.3) is 10.6 Å². The molecule has 2 aromatic rings. The first-order valence-corrected chi connectivity index (χ1v) is 6.73. The van der Waals surface area contributed by atoms with Gasteiger partial charge in [-0.1, -0.05) is 0 Å². The van der Waals surface area contributed by atoms with Crippen LogP contribution in [0.5, 0.6) is 5.75 Å². The van der Waals surface area contributed by atoms with Crippen LogP contribution < -0.4 is 4.74 Å². The predicted molar refractivity (Wildman–Crippen MR) is 75.4 cm³/mol. The molecule has 0 aliphatic rings. The highest BCUT2D eigenvalue weighted by Gasteiger charge is 2.23. The van der Waals surface area contributed by atoms with Crippen LogP contribution in [0.2, 0.25) is 0 Å². The van der Waals surface area contributed by atoms with Crippen LogP contribution in [0, 0.1) is 5.82 Å². The van der Waals surface area contributed by atoms with E-state index in [9.17, 15) is 14.0 Å². The number of hydrogen-bond acceptors (Lipinski definition) is 6. The molecule has 0 fully saturated rings. The quantitative estimate of drug-likeness (QED) is 0.642. The van der Waals surface area contributed by atoms with Gasteiger partial charge in [-0.05, 0) is 12.1 Å². The number of halogens is 1. The average Bonchev–Trinajstić information content (AvgIpc) is 2.91. The number of carbonyl (C=O) groups excluding carboxylic acids is 2.